The average molecular weight is 347 g/mol. The van der Waals surface area contributed by atoms with Crippen LogP contribution < -0.4 is 0 Å². The number of alkyl halides is 3. The Bertz CT molecular complexity index is 836. The molecule has 0 radical (unpaired) electrons. The summed E-state index contributed by atoms with van der Waals surface area (Å²) in [7, 11) is 0. The maximum Gasteiger partial charge on any atom is 0.399 e. The second kappa shape index (κ2) is 6.88. The van der Waals surface area contributed by atoms with Gasteiger partial charge < -0.3 is 0 Å². The monoisotopic (exact) mass is 347 g/mol. The lowest BCUT2D eigenvalue weighted by molar-refractivity contribution is -0.139. The van der Waals surface area contributed by atoms with Crippen LogP contribution in [-0.4, -0.2) is 20.9 Å². The highest BCUT2D eigenvalue weighted by molar-refractivity contribution is 5.53. The zero-order chi connectivity index (χ0) is 17.9. The van der Waals surface area contributed by atoms with Gasteiger partial charge in [-0.25, -0.2) is 14.1 Å². The number of nitrogens with zero attached hydrogens (tertiary/aromatic N) is 3. The first-order chi connectivity index (χ1) is 11.9. The van der Waals surface area contributed by atoms with Gasteiger partial charge in [-0.15, -0.1) is 0 Å². The molecule has 1 heterocycles. The molecule has 0 amide bonds. The number of hydrogen-bond donors (Lipinski definition) is 0. The summed E-state index contributed by atoms with van der Waals surface area (Å²) in [6.07, 6.45) is 0.919. The van der Waals surface area contributed by atoms with Crippen molar-refractivity contribution < 1.29 is 17.6 Å². The highest BCUT2D eigenvalue weighted by atomic mass is 19.4. The Hall–Kier alpha value is -2.96. The molecule has 7 heteroatoms. The summed E-state index contributed by atoms with van der Waals surface area (Å²) in [5.74, 6) is -2.37. The van der Waals surface area contributed by atoms with E-state index in [9.17, 15) is 17.6 Å². The van der Waals surface area contributed by atoms with E-state index >= 15 is 0 Å². The van der Waals surface area contributed by atoms with Crippen LogP contribution in [0.2, 0.25) is 0 Å². The fraction of sp³-hybridized carbons (Fsp3) is 0.111. The second-order valence-corrected chi connectivity index (χ2v) is 5.36. The third-order valence-electron chi connectivity index (χ3n) is 3.64. The Balaban J connectivity index is 1.83. The molecular formula is C18H13F4N3. The minimum Gasteiger partial charge on any atom is -0.223 e. The molecule has 128 valence electrons. The first-order valence-electron chi connectivity index (χ1n) is 7.39. The van der Waals surface area contributed by atoms with E-state index < -0.39 is 17.9 Å². The molecule has 3 aromatic rings. The minimum atomic E-state index is -4.46. The predicted octanol–water partition coefficient (Wildman–Crippen LogP) is 4.77. The Morgan fingerprint density at radius 1 is 0.960 bits per heavy atom. The molecule has 3 nitrogen and oxygen atoms in total. The van der Waals surface area contributed by atoms with E-state index in [-0.39, 0.29) is 5.56 Å². The third kappa shape index (κ3) is 4.12. The SMILES string of the molecule is Fc1ccc(C(C=Cc2ccc(-n3cncn3)cc2)C(F)(F)F)cc1. The normalized spacial score (nSPS) is 13.3. The maximum absolute atomic E-state index is 13.3. The number of hydrogen-bond acceptors (Lipinski definition) is 2. The number of halogens is 4. The van der Waals surface area contributed by atoms with Gasteiger partial charge in [-0.3, -0.25) is 0 Å². The lowest BCUT2D eigenvalue weighted by Crippen LogP contribution is -2.18. The highest BCUT2D eigenvalue weighted by Gasteiger charge is 2.38. The van der Waals surface area contributed by atoms with Gasteiger partial charge in [0, 0.05) is 0 Å². The molecule has 0 N–H and O–H groups in total. The van der Waals surface area contributed by atoms with Gasteiger partial charge >= 0.3 is 6.18 Å². The molecule has 1 atom stereocenters. The summed E-state index contributed by atoms with van der Waals surface area (Å²) in [4.78, 5) is 3.83. The molecule has 3 rings (SSSR count). The van der Waals surface area contributed by atoms with Crippen LogP contribution in [0, 0.1) is 5.82 Å². The van der Waals surface area contributed by atoms with Crippen molar-refractivity contribution >= 4 is 6.08 Å². The van der Waals surface area contributed by atoms with Crippen molar-refractivity contribution in [2.75, 3.05) is 0 Å². The highest BCUT2D eigenvalue weighted by Crippen LogP contribution is 2.36. The molecule has 25 heavy (non-hydrogen) atoms. The van der Waals surface area contributed by atoms with Gasteiger partial charge in [-0.1, -0.05) is 36.4 Å². The summed E-state index contributed by atoms with van der Waals surface area (Å²) in [6, 6.07) is 11.2. The number of allylic oxidation sites excluding steroid dienone is 1. The van der Waals surface area contributed by atoms with Gasteiger partial charge in [-0.2, -0.15) is 18.3 Å². The Morgan fingerprint density at radius 2 is 1.64 bits per heavy atom. The molecule has 0 saturated heterocycles. The van der Waals surface area contributed by atoms with Crippen LogP contribution in [0.25, 0.3) is 11.8 Å². The van der Waals surface area contributed by atoms with Crippen LogP contribution in [0.15, 0.2) is 67.3 Å². The van der Waals surface area contributed by atoms with Gasteiger partial charge in [0.25, 0.3) is 0 Å². The van der Waals surface area contributed by atoms with Crippen molar-refractivity contribution in [3.05, 3.63) is 84.2 Å². The minimum absolute atomic E-state index is 0.00983. The van der Waals surface area contributed by atoms with E-state index in [1.165, 1.54) is 18.7 Å². The number of benzene rings is 2. The summed E-state index contributed by atoms with van der Waals surface area (Å²) < 4.78 is 54.4. The summed E-state index contributed by atoms with van der Waals surface area (Å²) in [6.45, 7) is 0. The van der Waals surface area contributed by atoms with Crippen molar-refractivity contribution in [1.29, 1.82) is 0 Å². The van der Waals surface area contributed by atoms with E-state index in [4.69, 9.17) is 0 Å². The predicted molar refractivity (Wildman–Crippen MR) is 85.6 cm³/mol. The molecule has 1 unspecified atom stereocenters. The fourth-order valence-corrected chi connectivity index (χ4v) is 2.37. The molecular weight excluding hydrogens is 334 g/mol. The van der Waals surface area contributed by atoms with Crippen LogP contribution in [-0.2, 0) is 0 Å². The number of aromatic nitrogens is 3. The first-order valence-corrected chi connectivity index (χ1v) is 7.39. The van der Waals surface area contributed by atoms with Gasteiger partial charge in [0.2, 0.25) is 0 Å². The second-order valence-electron chi connectivity index (χ2n) is 5.36. The van der Waals surface area contributed by atoms with Crippen molar-refractivity contribution in [1.82, 2.24) is 14.8 Å². The van der Waals surface area contributed by atoms with Crippen LogP contribution in [0.5, 0.6) is 0 Å². The molecule has 0 aliphatic heterocycles. The maximum atomic E-state index is 13.3. The molecule has 2 aromatic carbocycles. The smallest absolute Gasteiger partial charge is 0.223 e. The van der Waals surface area contributed by atoms with E-state index in [1.807, 2.05) is 0 Å². The largest absolute Gasteiger partial charge is 0.399 e. The van der Waals surface area contributed by atoms with Crippen LogP contribution in [0.3, 0.4) is 0 Å². The number of rotatable bonds is 4. The fourth-order valence-electron chi connectivity index (χ4n) is 2.37. The summed E-state index contributed by atoms with van der Waals surface area (Å²) >= 11 is 0. The van der Waals surface area contributed by atoms with E-state index in [0.29, 0.717) is 5.56 Å². The topological polar surface area (TPSA) is 30.7 Å². The molecule has 1 aromatic heterocycles. The van der Waals surface area contributed by atoms with Crippen LogP contribution >= 0.6 is 0 Å². The zero-order valence-electron chi connectivity index (χ0n) is 12.9. The van der Waals surface area contributed by atoms with Crippen LogP contribution in [0.4, 0.5) is 17.6 Å². The third-order valence-corrected chi connectivity index (χ3v) is 3.64. The Morgan fingerprint density at radius 3 is 2.20 bits per heavy atom. The van der Waals surface area contributed by atoms with Crippen LogP contribution in [0.1, 0.15) is 17.0 Å². The van der Waals surface area contributed by atoms with Gasteiger partial charge in [0.05, 0.1) is 11.6 Å². The summed E-state index contributed by atoms with van der Waals surface area (Å²) in [5, 5.41) is 3.98. The van der Waals surface area contributed by atoms with E-state index in [1.54, 1.807) is 28.9 Å². The molecule has 0 fully saturated rings. The lowest BCUT2D eigenvalue weighted by atomic mass is 9.97. The first kappa shape index (κ1) is 16.9. The van der Waals surface area contributed by atoms with Crippen molar-refractivity contribution in [3.8, 4) is 5.69 Å². The van der Waals surface area contributed by atoms with E-state index in [0.717, 1.165) is 36.0 Å². The standard InChI is InChI=1S/C18H13F4N3/c19-15-6-4-14(5-7-15)17(18(20,21)22)10-3-13-1-8-16(9-2-13)25-12-23-11-24-25/h1-12,17H. The molecule has 0 spiro atoms. The van der Waals surface area contributed by atoms with E-state index in [2.05, 4.69) is 10.1 Å². The lowest BCUT2D eigenvalue weighted by Gasteiger charge is -2.17. The molecule has 0 saturated carbocycles. The van der Waals surface area contributed by atoms with Gasteiger partial charge in [0.1, 0.15) is 18.5 Å². The molecule has 0 aliphatic carbocycles. The zero-order valence-corrected chi connectivity index (χ0v) is 12.9. The average Bonchev–Trinajstić information content (AvgIpc) is 3.11. The Kier molecular flexibility index (Phi) is 4.65. The van der Waals surface area contributed by atoms with Crippen molar-refractivity contribution in [2.24, 2.45) is 0 Å². The Labute approximate surface area is 141 Å². The van der Waals surface area contributed by atoms with Crippen molar-refractivity contribution in [3.63, 3.8) is 0 Å². The quantitative estimate of drug-likeness (QED) is 0.637. The summed E-state index contributed by atoms with van der Waals surface area (Å²) in [5.41, 5.74) is 1.35. The molecule has 0 bridgehead atoms. The van der Waals surface area contributed by atoms with Gasteiger partial charge in [0.15, 0.2) is 0 Å². The van der Waals surface area contributed by atoms with Crippen molar-refractivity contribution in [2.45, 2.75) is 12.1 Å². The van der Waals surface area contributed by atoms with Gasteiger partial charge in [-0.05, 0) is 35.4 Å². The molecule has 0 aliphatic rings.